The van der Waals surface area contributed by atoms with Crippen molar-refractivity contribution in [2.75, 3.05) is 5.75 Å². The minimum Gasteiger partial charge on any atom is -0.286 e. The van der Waals surface area contributed by atoms with Crippen molar-refractivity contribution in [1.82, 2.24) is 0 Å². The smallest absolute Gasteiger partial charge is 0.264 e. The third kappa shape index (κ3) is 3.85. The van der Waals surface area contributed by atoms with Crippen molar-refractivity contribution < 1.29 is 13.0 Å². The maximum Gasteiger partial charge on any atom is 0.264 e. The van der Waals surface area contributed by atoms with E-state index in [0.717, 1.165) is 5.56 Å². The van der Waals surface area contributed by atoms with Crippen LogP contribution < -0.4 is 0 Å². The van der Waals surface area contributed by atoms with Gasteiger partial charge in [-0.1, -0.05) is 12.1 Å². The summed E-state index contributed by atoms with van der Waals surface area (Å²) >= 11 is 5.13. The summed E-state index contributed by atoms with van der Waals surface area (Å²) in [5.74, 6) is -0.193. The minimum atomic E-state index is -3.89. The van der Waals surface area contributed by atoms with Gasteiger partial charge in [0, 0.05) is 19.5 Å². The molecule has 22 heavy (non-hydrogen) atoms. The fourth-order valence-corrected chi connectivity index (χ4v) is 5.65. The normalized spacial score (nSPS) is 11.9. The van der Waals surface area contributed by atoms with Crippen LogP contribution in [0.15, 0.2) is 41.1 Å². The molecule has 0 aliphatic heterocycles. The predicted octanol–water partition coefficient (Wildman–Crippen LogP) is 5.03. The van der Waals surface area contributed by atoms with Crippen molar-refractivity contribution in [2.24, 2.45) is 0 Å². The van der Waals surface area contributed by atoms with Crippen molar-refractivity contribution in [3.63, 3.8) is 0 Å². The lowest BCUT2D eigenvalue weighted by molar-refractivity contribution is 0.481. The van der Waals surface area contributed by atoms with Crippen LogP contribution in [0.5, 0.6) is 0 Å². The van der Waals surface area contributed by atoms with Crippen LogP contribution in [-0.2, 0) is 16.5 Å². The van der Waals surface area contributed by atoms with Crippen LogP contribution in [0, 0.1) is 0 Å². The molecule has 1 N–H and O–H groups in total. The fraction of sp³-hybridized carbons (Fsp3) is 0.200. The molecule has 3 aromatic rings. The molecule has 0 aromatic carbocycles. The largest absolute Gasteiger partial charge is 0.286 e. The van der Waals surface area contributed by atoms with E-state index >= 15 is 0 Å². The van der Waals surface area contributed by atoms with Gasteiger partial charge in [-0.15, -0.1) is 34.0 Å². The zero-order valence-corrected chi connectivity index (χ0v) is 14.8. The SMILES string of the molecule is O=S(=O)(O)CCCc1cc(-c2cccs2)sc1-c1cccs1. The molecule has 0 aliphatic carbocycles. The minimum absolute atomic E-state index is 0.193. The molecule has 3 heterocycles. The van der Waals surface area contributed by atoms with Gasteiger partial charge in [0.05, 0.1) is 5.75 Å². The molecule has 0 amide bonds. The third-order valence-electron chi connectivity index (χ3n) is 3.17. The monoisotopic (exact) mass is 370 g/mol. The summed E-state index contributed by atoms with van der Waals surface area (Å²) in [7, 11) is -3.89. The summed E-state index contributed by atoms with van der Waals surface area (Å²) in [6.45, 7) is 0. The quantitative estimate of drug-likeness (QED) is 0.620. The average molecular weight is 371 g/mol. The average Bonchev–Trinajstić information content (AvgIpc) is 3.18. The zero-order chi connectivity index (χ0) is 15.6. The van der Waals surface area contributed by atoms with Crippen LogP contribution in [-0.4, -0.2) is 18.7 Å². The van der Waals surface area contributed by atoms with Gasteiger partial charge in [0.15, 0.2) is 0 Å². The second-order valence-corrected chi connectivity index (χ2v) is 9.33. The van der Waals surface area contributed by atoms with Gasteiger partial charge < -0.3 is 0 Å². The summed E-state index contributed by atoms with van der Waals surface area (Å²) in [6.07, 6.45) is 1.08. The van der Waals surface area contributed by atoms with Crippen LogP contribution in [0.25, 0.3) is 19.5 Å². The zero-order valence-electron chi connectivity index (χ0n) is 11.6. The van der Waals surface area contributed by atoms with E-state index in [0.29, 0.717) is 12.8 Å². The first-order valence-corrected chi connectivity index (χ1v) is 10.9. The Morgan fingerprint density at radius 3 is 2.27 bits per heavy atom. The molecule has 3 nitrogen and oxygen atoms in total. The van der Waals surface area contributed by atoms with Crippen LogP contribution in [0.4, 0.5) is 0 Å². The van der Waals surface area contributed by atoms with E-state index in [1.54, 1.807) is 34.0 Å². The second kappa shape index (κ2) is 6.64. The fourth-order valence-electron chi connectivity index (χ4n) is 2.22. The summed E-state index contributed by atoms with van der Waals surface area (Å²) in [4.78, 5) is 4.84. The van der Waals surface area contributed by atoms with Gasteiger partial charge in [-0.3, -0.25) is 4.55 Å². The Labute approximate surface area is 141 Å². The number of hydrogen-bond donors (Lipinski definition) is 1. The first kappa shape index (κ1) is 15.9. The highest BCUT2D eigenvalue weighted by Gasteiger charge is 2.14. The summed E-state index contributed by atoms with van der Waals surface area (Å²) < 4.78 is 30.7. The van der Waals surface area contributed by atoms with E-state index in [2.05, 4.69) is 23.6 Å². The van der Waals surface area contributed by atoms with Gasteiger partial charge >= 0.3 is 0 Å². The van der Waals surface area contributed by atoms with Gasteiger partial charge in [0.2, 0.25) is 0 Å². The van der Waals surface area contributed by atoms with E-state index < -0.39 is 10.1 Å². The molecule has 0 aliphatic rings. The van der Waals surface area contributed by atoms with Crippen molar-refractivity contribution in [2.45, 2.75) is 12.8 Å². The van der Waals surface area contributed by atoms with Gasteiger partial charge in [-0.2, -0.15) is 8.42 Å². The molecule has 7 heteroatoms. The Balaban J connectivity index is 1.89. The molecule has 3 rings (SSSR count). The van der Waals surface area contributed by atoms with Crippen molar-refractivity contribution >= 4 is 44.1 Å². The molecule has 0 atom stereocenters. The molecule has 3 aromatic heterocycles. The Kier molecular flexibility index (Phi) is 4.79. The lowest BCUT2D eigenvalue weighted by Crippen LogP contribution is -2.04. The Hall–Kier alpha value is -0.990. The molecule has 0 bridgehead atoms. The molecule has 0 fully saturated rings. The first-order valence-electron chi connectivity index (χ1n) is 6.68. The summed E-state index contributed by atoms with van der Waals surface area (Å²) in [6, 6.07) is 10.4. The first-order chi connectivity index (χ1) is 10.5. The van der Waals surface area contributed by atoms with Crippen LogP contribution in [0.1, 0.15) is 12.0 Å². The van der Waals surface area contributed by atoms with E-state index in [1.807, 2.05) is 17.5 Å². The van der Waals surface area contributed by atoms with Gasteiger partial charge in [0.1, 0.15) is 0 Å². The molecule has 0 unspecified atom stereocenters. The predicted molar refractivity (Wildman–Crippen MR) is 95.7 cm³/mol. The van der Waals surface area contributed by atoms with E-state index in [1.165, 1.54) is 19.5 Å². The molecule has 0 radical (unpaired) electrons. The van der Waals surface area contributed by atoms with Crippen molar-refractivity contribution in [3.8, 4) is 19.5 Å². The highest BCUT2D eigenvalue weighted by atomic mass is 32.2. The summed E-state index contributed by atoms with van der Waals surface area (Å²) in [5.41, 5.74) is 1.15. The highest BCUT2D eigenvalue weighted by molar-refractivity contribution is 7.85. The van der Waals surface area contributed by atoms with Crippen LogP contribution >= 0.6 is 34.0 Å². The van der Waals surface area contributed by atoms with Gasteiger partial charge in [-0.25, -0.2) is 0 Å². The topological polar surface area (TPSA) is 54.4 Å². The second-order valence-electron chi connectivity index (χ2n) is 4.81. The van der Waals surface area contributed by atoms with Crippen LogP contribution in [0.3, 0.4) is 0 Å². The Morgan fingerprint density at radius 1 is 1.00 bits per heavy atom. The van der Waals surface area contributed by atoms with Crippen molar-refractivity contribution in [1.29, 1.82) is 0 Å². The van der Waals surface area contributed by atoms with Gasteiger partial charge in [-0.05, 0) is 47.4 Å². The number of aryl methyl sites for hydroxylation is 1. The molecule has 0 saturated carbocycles. The molecular weight excluding hydrogens is 356 g/mol. The number of hydrogen-bond acceptors (Lipinski definition) is 5. The molecular formula is C15H14O3S4. The Bertz CT molecular complexity index is 828. The highest BCUT2D eigenvalue weighted by Crippen LogP contribution is 2.41. The van der Waals surface area contributed by atoms with Crippen LogP contribution in [0.2, 0.25) is 0 Å². The molecule has 0 spiro atoms. The number of rotatable bonds is 6. The molecule has 0 saturated heterocycles. The maximum atomic E-state index is 10.9. The maximum absolute atomic E-state index is 10.9. The van der Waals surface area contributed by atoms with Crippen molar-refractivity contribution in [3.05, 3.63) is 46.7 Å². The lowest BCUT2D eigenvalue weighted by atomic mass is 10.1. The number of thiophene rings is 3. The Morgan fingerprint density at radius 2 is 1.68 bits per heavy atom. The van der Waals surface area contributed by atoms with Gasteiger partial charge in [0.25, 0.3) is 10.1 Å². The van der Waals surface area contributed by atoms with E-state index in [4.69, 9.17) is 4.55 Å². The lowest BCUT2D eigenvalue weighted by Gasteiger charge is -2.01. The van der Waals surface area contributed by atoms with E-state index in [-0.39, 0.29) is 5.75 Å². The molecule has 116 valence electrons. The van der Waals surface area contributed by atoms with E-state index in [9.17, 15) is 8.42 Å². The standard InChI is InChI=1S/C15H14O3S4/c16-22(17,18)9-3-4-11-10-14(12-5-1-7-19-12)21-15(11)13-6-2-8-20-13/h1-2,5-8,10H,3-4,9H2,(H,16,17,18). The summed E-state index contributed by atoms with van der Waals surface area (Å²) in [5, 5.41) is 4.10. The third-order valence-corrected chi connectivity index (χ3v) is 7.26.